The lowest BCUT2D eigenvalue weighted by Gasteiger charge is -2.21. The van der Waals surface area contributed by atoms with E-state index in [1.165, 1.54) is 225 Å². The summed E-state index contributed by atoms with van der Waals surface area (Å²) in [5.74, 6) is -1.40. The highest BCUT2D eigenvalue weighted by molar-refractivity contribution is 7.47. The van der Waals surface area contributed by atoms with Gasteiger partial charge >= 0.3 is 39.5 Å². The molecule has 0 aliphatic carbocycles. The summed E-state index contributed by atoms with van der Waals surface area (Å²) < 4.78 is 68.5. The van der Waals surface area contributed by atoms with E-state index in [2.05, 4.69) is 34.6 Å². The van der Waals surface area contributed by atoms with E-state index in [1.54, 1.807) is 0 Å². The zero-order valence-electron chi connectivity index (χ0n) is 61.8. The van der Waals surface area contributed by atoms with Crippen LogP contribution in [0.1, 0.15) is 401 Å². The smallest absolute Gasteiger partial charge is 0.462 e. The average molecular weight is 1400 g/mol. The number of unbranched alkanes of at least 4 members (excludes halogenated alkanes) is 47. The minimum absolute atomic E-state index is 0.104. The number of carbonyl (C=O) groups excluding carboxylic acids is 4. The summed E-state index contributed by atoms with van der Waals surface area (Å²) in [5.41, 5.74) is 0. The standard InChI is InChI=1S/C76H148O17P2/c1-6-10-13-16-19-22-25-27-29-31-33-35-37-39-42-45-51-56-61-75(80)92-71(65-86-74(79)60-55-50-44-41-38-36-34-32-30-28-26-23-20-17-14-11-7-2)67-90-94(82,83)88-63-70(77)64-89-95(84,85)91-68-72(93-76(81)62-57-52-47-46-48-53-58-69(5)9-4)66-87-73(78)59-54-49-43-40-24-21-18-15-12-8-3/h69-72,77H,6-68H2,1-5H3,(H,82,83)(H,84,85)/t69?,70-,71-,72-/m1/s1. The Balaban J connectivity index is 5.22. The molecule has 0 fully saturated rings. The maximum atomic E-state index is 13.1. The molecular formula is C76H148O17P2. The fraction of sp³-hybridized carbons (Fsp3) is 0.947. The molecule has 564 valence electrons. The molecule has 95 heavy (non-hydrogen) atoms. The van der Waals surface area contributed by atoms with Crippen molar-refractivity contribution in [2.75, 3.05) is 39.6 Å². The molecule has 0 bridgehead atoms. The highest BCUT2D eigenvalue weighted by atomic mass is 31.2. The van der Waals surface area contributed by atoms with Gasteiger partial charge in [0.05, 0.1) is 26.4 Å². The number of hydrogen-bond donors (Lipinski definition) is 3. The molecule has 0 saturated carbocycles. The van der Waals surface area contributed by atoms with Gasteiger partial charge in [-0.15, -0.1) is 0 Å². The van der Waals surface area contributed by atoms with Gasteiger partial charge < -0.3 is 33.8 Å². The van der Waals surface area contributed by atoms with E-state index >= 15 is 0 Å². The van der Waals surface area contributed by atoms with E-state index in [4.69, 9.17) is 37.0 Å². The molecule has 6 atom stereocenters. The highest BCUT2D eigenvalue weighted by Crippen LogP contribution is 2.45. The van der Waals surface area contributed by atoms with Crippen molar-refractivity contribution in [2.45, 2.75) is 419 Å². The van der Waals surface area contributed by atoms with Gasteiger partial charge in [0.25, 0.3) is 0 Å². The Morgan fingerprint density at radius 3 is 0.747 bits per heavy atom. The number of esters is 4. The van der Waals surface area contributed by atoms with Gasteiger partial charge in [0.2, 0.25) is 0 Å². The molecule has 0 radical (unpaired) electrons. The van der Waals surface area contributed by atoms with Crippen LogP contribution in [-0.2, 0) is 65.4 Å². The van der Waals surface area contributed by atoms with Crippen LogP contribution in [-0.4, -0.2) is 96.7 Å². The molecule has 0 saturated heterocycles. The topological polar surface area (TPSA) is 237 Å². The zero-order valence-corrected chi connectivity index (χ0v) is 63.6. The van der Waals surface area contributed by atoms with Gasteiger partial charge in [-0.05, 0) is 31.6 Å². The molecule has 0 aromatic carbocycles. The minimum atomic E-state index is -4.96. The summed E-state index contributed by atoms with van der Waals surface area (Å²) in [4.78, 5) is 72.8. The van der Waals surface area contributed by atoms with Crippen LogP contribution in [0.2, 0.25) is 0 Å². The van der Waals surface area contributed by atoms with Crippen LogP contribution in [0.3, 0.4) is 0 Å². The monoisotopic (exact) mass is 1400 g/mol. The summed E-state index contributed by atoms with van der Waals surface area (Å²) in [6.45, 7) is 7.24. The van der Waals surface area contributed by atoms with Crippen molar-refractivity contribution in [1.82, 2.24) is 0 Å². The highest BCUT2D eigenvalue weighted by Gasteiger charge is 2.30. The first-order chi connectivity index (χ1) is 46.1. The fourth-order valence-corrected chi connectivity index (χ4v) is 13.3. The molecule has 0 aliphatic rings. The van der Waals surface area contributed by atoms with Crippen LogP contribution < -0.4 is 0 Å². The van der Waals surface area contributed by atoms with Crippen LogP contribution in [0.5, 0.6) is 0 Å². The predicted octanol–water partition coefficient (Wildman–Crippen LogP) is 22.5. The summed E-state index contributed by atoms with van der Waals surface area (Å²) in [7, 11) is -9.91. The second kappa shape index (κ2) is 69.2. The van der Waals surface area contributed by atoms with Crippen LogP contribution >= 0.6 is 15.6 Å². The Labute approximate surface area is 581 Å². The van der Waals surface area contributed by atoms with Gasteiger partial charge in [-0.1, -0.05) is 349 Å². The van der Waals surface area contributed by atoms with E-state index in [1.807, 2.05) is 0 Å². The number of carbonyl (C=O) groups is 4. The maximum Gasteiger partial charge on any atom is 0.472 e. The lowest BCUT2D eigenvalue weighted by Crippen LogP contribution is -2.30. The number of phosphoric ester groups is 2. The van der Waals surface area contributed by atoms with Crippen molar-refractivity contribution in [2.24, 2.45) is 5.92 Å². The lowest BCUT2D eigenvalue weighted by atomic mass is 10.00. The Morgan fingerprint density at radius 1 is 0.295 bits per heavy atom. The van der Waals surface area contributed by atoms with Gasteiger partial charge in [-0.25, -0.2) is 9.13 Å². The van der Waals surface area contributed by atoms with E-state index in [0.29, 0.717) is 25.7 Å². The molecule has 0 heterocycles. The molecule has 0 rings (SSSR count). The van der Waals surface area contributed by atoms with Gasteiger partial charge in [0.15, 0.2) is 12.2 Å². The summed E-state index contributed by atoms with van der Waals surface area (Å²) in [6, 6.07) is 0. The van der Waals surface area contributed by atoms with Crippen LogP contribution in [0, 0.1) is 5.92 Å². The van der Waals surface area contributed by atoms with Gasteiger partial charge in [-0.2, -0.15) is 0 Å². The summed E-state index contributed by atoms with van der Waals surface area (Å²) in [6.07, 6.45) is 58.3. The van der Waals surface area contributed by atoms with Crippen LogP contribution in [0.4, 0.5) is 0 Å². The van der Waals surface area contributed by atoms with E-state index in [9.17, 15) is 43.2 Å². The number of ether oxygens (including phenoxy) is 4. The van der Waals surface area contributed by atoms with E-state index < -0.39 is 97.5 Å². The van der Waals surface area contributed by atoms with E-state index in [0.717, 1.165) is 95.8 Å². The zero-order chi connectivity index (χ0) is 69.8. The Bertz CT molecular complexity index is 1820. The van der Waals surface area contributed by atoms with Crippen molar-refractivity contribution in [1.29, 1.82) is 0 Å². The molecule has 19 heteroatoms. The van der Waals surface area contributed by atoms with E-state index in [-0.39, 0.29) is 25.7 Å². The number of phosphoric acid groups is 2. The number of rotatable bonds is 76. The SMILES string of the molecule is CCCCCCCCCCCCCCCCCCCCC(=O)O[C@H](COC(=O)CCCCCCCCCCCCCCCCCCC)COP(=O)(O)OC[C@@H](O)COP(=O)(O)OC[C@@H](COC(=O)CCCCCCCCCCCC)OC(=O)CCCCCCCCC(C)CC. The van der Waals surface area contributed by atoms with Crippen molar-refractivity contribution in [3.63, 3.8) is 0 Å². The summed E-state index contributed by atoms with van der Waals surface area (Å²) >= 11 is 0. The average Bonchev–Trinajstić information content (AvgIpc) is 1.98. The quantitative estimate of drug-likeness (QED) is 0.0222. The Kier molecular flexibility index (Phi) is 67.7. The summed E-state index contributed by atoms with van der Waals surface area (Å²) in [5, 5.41) is 10.6. The van der Waals surface area contributed by atoms with Gasteiger partial charge in [0.1, 0.15) is 19.3 Å². The van der Waals surface area contributed by atoms with Crippen molar-refractivity contribution >= 4 is 39.5 Å². The first-order valence-electron chi connectivity index (χ1n) is 39.7. The normalized spacial score (nSPS) is 14.2. The largest absolute Gasteiger partial charge is 0.472 e. The maximum absolute atomic E-state index is 13.1. The Hall–Kier alpha value is -1.94. The number of aliphatic hydroxyl groups is 1. The molecule has 17 nitrogen and oxygen atoms in total. The van der Waals surface area contributed by atoms with Crippen LogP contribution in [0.15, 0.2) is 0 Å². The van der Waals surface area contributed by atoms with Gasteiger partial charge in [-0.3, -0.25) is 37.3 Å². The second-order valence-corrected chi connectivity index (χ2v) is 30.5. The fourth-order valence-electron chi connectivity index (χ4n) is 11.7. The van der Waals surface area contributed by atoms with Crippen LogP contribution in [0.25, 0.3) is 0 Å². The first-order valence-corrected chi connectivity index (χ1v) is 42.7. The number of aliphatic hydroxyl groups excluding tert-OH is 1. The molecule has 3 unspecified atom stereocenters. The molecule has 0 amide bonds. The molecular weight excluding hydrogens is 1250 g/mol. The third-order valence-corrected chi connectivity index (χ3v) is 20.0. The molecule has 0 spiro atoms. The van der Waals surface area contributed by atoms with Gasteiger partial charge in [0, 0.05) is 25.7 Å². The molecule has 0 aromatic heterocycles. The number of hydrogen-bond acceptors (Lipinski definition) is 15. The first kappa shape index (κ1) is 93.1. The van der Waals surface area contributed by atoms with Crippen molar-refractivity contribution in [3.05, 3.63) is 0 Å². The predicted molar refractivity (Wildman–Crippen MR) is 386 cm³/mol. The molecule has 0 aliphatic heterocycles. The van der Waals surface area contributed by atoms with Crippen molar-refractivity contribution in [3.8, 4) is 0 Å². The third kappa shape index (κ3) is 69.0. The lowest BCUT2D eigenvalue weighted by molar-refractivity contribution is -0.161. The van der Waals surface area contributed by atoms with Crippen molar-refractivity contribution < 1.29 is 80.2 Å². The minimum Gasteiger partial charge on any atom is -0.462 e. The molecule has 0 aromatic rings. The Morgan fingerprint density at radius 2 is 0.505 bits per heavy atom. The second-order valence-electron chi connectivity index (χ2n) is 27.6. The third-order valence-electron chi connectivity index (χ3n) is 18.1. The molecule has 3 N–H and O–H groups in total.